The molecule has 0 radical (unpaired) electrons. The van der Waals surface area contributed by atoms with Crippen molar-refractivity contribution in [2.45, 2.75) is 6.61 Å². The zero-order chi connectivity index (χ0) is 21.8. The summed E-state index contributed by atoms with van der Waals surface area (Å²) < 4.78 is 12.8. The number of imide groups is 1. The molecule has 0 aromatic heterocycles. The van der Waals surface area contributed by atoms with E-state index in [-0.39, 0.29) is 5.70 Å². The van der Waals surface area contributed by atoms with Crippen LogP contribution in [-0.4, -0.2) is 41.6 Å². The van der Waals surface area contributed by atoms with Gasteiger partial charge in [0.15, 0.2) is 11.5 Å². The first-order chi connectivity index (χ1) is 14.3. The van der Waals surface area contributed by atoms with Gasteiger partial charge in [-0.3, -0.25) is 9.59 Å². The SMILES string of the molecule is COc1cc(/C=C2/NC(=O)N(CC(=O)O)C2=O)c(Br)cc1OCc1ccc(Br)cc1. The number of hydrogen-bond acceptors (Lipinski definition) is 5. The van der Waals surface area contributed by atoms with Crippen LogP contribution in [0.3, 0.4) is 0 Å². The number of urea groups is 1. The molecule has 0 unspecified atom stereocenters. The Morgan fingerprint density at radius 2 is 1.87 bits per heavy atom. The van der Waals surface area contributed by atoms with Gasteiger partial charge in [-0.15, -0.1) is 0 Å². The monoisotopic (exact) mass is 538 g/mol. The van der Waals surface area contributed by atoms with Crippen LogP contribution in [0.1, 0.15) is 11.1 Å². The van der Waals surface area contributed by atoms with Crippen LogP contribution in [0, 0.1) is 0 Å². The second kappa shape index (κ2) is 9.31. The number of hydrogen-bond donors (Lipinski definition) is 2. The van der Waals surface area contributed by atoms with Crippen molar-refractivity contribution in [3.63, 3.8) is 0 Å². The zero-order valence-corrected chi connectivity index (χ0v) is 18.8. The predicted molar refractivity (Wildman–Crippen MR) is 115 cm³/mol. The maximum atomic E-state index is 12.3. The Hall–Kier alpha value is -2.85. The van der Waals surface area contributed by atoms with E-state index in [0.29, 0.717) is 33.0 Å². The van der Waals surface area contributed by atoms with E-state index in [2.05, 4.69) is 37.2 Å². The second-order valence-corrected chi connectivity index (χ2v) is 7.98. The Labute approximate surface area is 188 Å². The van der Waals surface area contributed by atoms with E-state index in [4.69, 9.17) is 14.6 Å². The minimum atomic E-state index is -1.28. The highest BCUT2D eigenvalue weighted by Gasteiger charge is 2.35. The molecule has 3 amide bonds. The lowest BCUT2D eigenvalue weighted by molar-refractivity contribution is -0.140. The van der Waals surface area contributed by atoms with E-state index in [1.54, 1.807) is 12.1 Å². The van der Waals surface area contributed by atoms with Gasteiger partial charge < -0.3 is 19.9 Å². The molecule has 0 bridgehead atoms. The maximum absolute atomic E-state index is 12.3. The van der Waals surface area contributed by atoms with Crippen LogP contribution in [0.2, 0.25) is 0 Å². The van der Waals surface area contributed by atoms with Crippen molar-refractivity contribution >= 4 is 55.8 Å². The first kappa shape index (κ1) is 21.8. The van der Waals surface area contributed by atoms with Crippen molar-refractivity contribution in [1.29, 1.82) is 0 Å². The third-order valence-electron chi connectivity index (χ3n) is 4.15. The van der Waals surface area contributed by atoms with Gasteiger partial charge in [0.05, 0.1) is 7.11 Å². The Bertz CT molecular complexity index is 1040. The summed E-state index contributed by atoms with van der Waals surface area (Å²) in [4.78, 5) is 35.6. The number of rotatable bonds is 7. The van der Waals surface area contributed by atoms with E-state index in [1.807, 2.05) is 24.3 Å². The Kier molecular flexibility index (Phi) is 6.78. The van der Waals surface area contributed by atoms with Gasteiger partial charge in [-0.05, 0) is 41.5 Å². The third kappa shape index (κ3) is 5.00. The van der Waals surface area contributed by atoms with Crippen LogP contribution < -0.4 is 14.8 Å². The lowest BCUT2D eigenvalue weighted by atomic mass is 10.1. The summed E-state index contributed by atoms with van der Waals surface area (Å²) in [5.41, 5.74) is 1.48. The first-order valence-electron chi connectivity index (χ1n) is 8.59. The molecule has 8 nitrogen and oxygen atoms in total. The van der Waals surface area contributed by atoms with Gasteiger partial charge in [-0.2, -0.15) is 0 Å². The number of nitrogens with zero attached hydrogens (tertiary/aromatic N) is 1. The first-order valence-corrected chi connectivity index (χ1v) is 10.2. The summed E-state index contributed by atoms with van der Waals surface area (Å²) in [5, 5.41) is 11.2. The van der Waals surface area contributed by atoms with Crippen LogP contribution in [0.4, 0.5) is 4.79 Å². The number of nitrogens with one attached hydrogen (secondary N) is 1. The fraction of sp³-hybridized carbons (Fsp3) is 0.150. The average Bonchev–Trinajstić information content (AvgIpc) is 2.96. The summed E-state index contributed by atoms with van der Waals surface area (Å²) >= 11 is 6.81. The summed E-state index contributed by atoms with van der Waals surface area (Å²) in [6.45, 7) is -0.384. The lowest BCUT2D eigenvalue weighted by Gasteiger charge is -2.13. The number of ether oxygens (including phenoxy) is 2. The molecule has 30 heavy (non-hydrogen) atoms. The highest BCUT2D eigenvalue weighted by molar-refractivity contribution is 9.10. The minimum absolute atomic E-state index is 0.0347. The number of carbonyl (C=O) groups is 3. The molecule has 2 N–H and O–H groups in total. The topological polar surface area (TPSA) is 105 Å². The molecule has 10 heteroatoms. The molecule has 1 aliphatic rings. The van der Waals surface area contributed by atoms with Crippen LogP contribution in [0.15, 0.2) is 51.0 Å². The van der Waals surface area contributed by atoms with Gasteiger partial charge in [0, 0.05) is 8.95 Å². The molecule has 3 rings (SSSR count). The maximum Gasteiger partial charge on any atom is 0.329 e. The normalized spacial score (nSPS) is 14.8. The third-order valence-corrected chi connectivity index (χ3v) is 5.36. The van der Waals surface area contributed by atoms with Crippen molar-refractivity contribution < 1.29 is 29.0 Å². The van der Waals surface area contributed by atoms with Gasteiger partial charge in [0.1, 0.15) is 18.8 Å². The Morgan fingerprint density at radius 3 is 2.50 bits per heavy atom. The van der Waals surface area contributed by atoms with Crippen molar-refractivity contribution in [3.05, 3.63) is 62.2 Å². The van der Waals surface area contributed by atoms with Crippen LogP contribution in [0.25, 0.3) is 6.08 Å². The van der Waals surface area contributed by atoms with Crippen molar-refractivity contribution in [3.8, 4) is 11.5 Å². The fourth-order valence-electron chi connectivity index (χ4n) is 2.68. The molecule has 2 aromatic rings. The van der Waals surface area contributed by atoms with Crippen molar-refractivity contribution in [1.82, 2.24) is 10.2 Å². The minimum Gasteiger partial charge on any atom is -0.493 e. The summed E-state index contributed by atoms with van der Waals surface area (Å²) in [6, 6.07) is 10.3. The number of amides is 3. The number of benzene rings is 2. The standard InChI is InChI=1S/C20H16Br2N2O6/c1-29-16-7-12(6-15-19(27)24(9-18(25)26)20(28)23-15)14(22)8-17(16)30-10-11-2-4-13(21)5-3-11/h2-8H,9-10H2,1H3,(H,23,28)(H,25,26)/b15-6+. The smallest absolute Gasteiger partial charge is 0.329 e. The van der Waals surface area contributed by atoms with Crippen LogP contribution >= 0.6 is 31.9 Å². The fourth-order valence-corrected chi connectivity index (χ4v) is 3.38. The molecular formula is C20H16Br2N2O6. The number of halogens is 2. The summed E-state index contributed by atoms with van der Waals surface area (Å²) in [5.74, 6) is -1.08. The molecule has 1 fully saturated rings. The van der Waals surface area contributed by atoms with E-state index >= 15 is 0 Å². The Balaban J connectivity index is 1.82. The molecule has 1 aliphatic heterocycles. The van der Waals surface area contributed by atoms with Gasteiger partial charge in [-0.25, -0.2) is 9.69 Å². The molecule has 2 aromatic carbocycles. The van der Waals surface area contributed by atoms with Gasteiger partial charge >= 0.3 is 12.0 Å². The Morgan fingerprint density at radius 1 is 1.17 bits per heavy atom. The van der Waals surface area contributed by atoms with Crippen molar-refractivity contribution in [2.24, 2.45) is 0 Å². The molecule has 1 saturated heterocycles. The molecular weight excluding hydrogens is 524 g/mol. The van der Waals surface area contributed by atoms with Gasteiger partial charge in [0.2, 0.25) is 0 Å². The molecule has 0 saturated carbocycles. The highest BCUT2D eigenvalue weighted by atomic mass is 79.9. The summed E-state index contributed by atoms with van der Waals surface area (Å²) in [6.07, 6.45) is 1.44. The highest BCUT2D eigenvalue weighted by Crippen LogP contribution is 2.35. The van der Waals surface area contributed by atoms with E-state index in [0.717, 1.165) is 10.0 Å². The molecule has 0 atom stereocenters. The molecule has 0 spiro atoms. The van der Waals surface area contributed by atoms with E-state index < -0.39 is 24.5 Å². The predicted octanol–water partition coefficient (Wildman–Crippen LogP) is 3.78. The van der Waals surface area contributed by atoms with E-state index in [1.165, 1.54) is 13.2 Å². The largest absolute Gasteiger partial charge is 0.493 e. The number of aliphatic carboxylic acids is 1. The lowest BCUT2D eigenvalue weighted by Crippen LogP contribution is -2.35. The average molecular weight is 540 g/mol. The molecule has 156 valence electrons. The zero-order valence-electron chi connectivity index (χ0n) is 15.6. The van der Waals surface area contributed by atoms with Crippen LogP contribution in [-0.2, 0) is 16.2 Å². The summed E-state index contributed by atoms with van der Waals surface area (Å²) in [7, 11) is 1.49. The van der Waals surface area contributed by atoms with Gasteiger partial charge in [-0.1, -0.05) is 44.0 Å². The molecule has 0 aliphatic carbocycles. The quantitative estimate of drug-likeness (QED) is 0.410. The van der Waals surface area contributed by atoms with Crippen molar-refractivity contribution in [2.75, 3.05) is 13.7 Å². The number of carboxylic acids is 1. The number of carbonyl (C=O) groups excluding carboxylic acids is 2. The van der Waals surface area contributed by atoms with Gasteiger partial charge in [0.25, 0.3) is 5.91 Å². The number of carboxylic acid groups (broad SMARTS) is 1. The van der Waals surface area contributed by atoms with E-state index in [9.17, 15) is 14.4 Å². The van der Waals surface area contributed by atoms with Crippen LogP contribution in [0.5, 0.6) is 11.5 Å². The second-order valence-electron chi connectivity index (χ2n) is 6.21. The molecule has 1 heterocycles. The number of methoxy groups -OCH3 is 1.